The van der Waals surface area contributed by atoms with Crippen molar-refractivity contribution in [3.63, 3.8) is 0 Å². The summed E-state index contributed by atoms with van der Waals surface area (Å²) in [5, 5.41) is 3.01. The molecule has 0 spiro atoms. The molecule has 0 bridgehead atoms. The molecule has 3 heteroatoms. The first-order valence-corrected chi connectivity index (χ1v) is 8.35. The van der Waals surface area contributed by atoms with Crippen molar-refractivity contribution in [3.8, 4) is 5.75 Å². The van der Waals surface area contributed by atoms with Gasteiger partial charge in [0.2, 0.25) is 0 Å². The van der Waals surface area contributed by atoms with Crippen molar-refractivity contribution in [3.05, 3.63) is 102 Å². The zero-order chi connectivity index (χ0) is 17.5. The average Bonchev–Trinajstić information content (AvgIpc) is 2.68. The van der Waals surface area contributed by atoms with Crippen LogP contribution in [-0.4, -0.2) is 5.91 Å². The van der Waals surface area contributed by atoms with Gasteiger partial charge in [0, 0.05) is 5.56 Å². The zero-order valence-corrected chi connectivity index (χ0v) is 14.2. The fourth-order valence-corrected chi connectivity index (χ4v) is 2.55. The van der Waals surface area contributed by atoms with Gasteiger partial charge in [-0.25, -0.2) is 0 Å². The maximum Gasteiger partial charge on any atom is 0.251 e. The van der Waals surface area contributed by atoms with Gasteiger partial charge in [0.1, 0.15) is 12.4 Å². The second-order valence-corrected chi connectivity index (χ2v) is 5.90. The van der Waals surface area contributed by atoms with E-state index in [0.29, 0.717) is 12.2 Å². The van der Waals surface area contributed by atoms with Crippen LogP contribution in [0.1, 0.15) is 34.5 Å². The fraction of sp³-hybridized carbons (Fsp3) is 0.136. The maximum absolute atomic E-state index is 12.4. The molecule has 0 saturated heterocycles. The molecule has 126 valence electrons. The van der Waals surface area contributed by atoms with Crippen molar-refractivity contribution in [1.82, 2.24) is 5.32 Å². The van der Waals surface area contributed by atoms with E-state index in [1.807, 2.05) is 79.7 Å². The Morgan fingerprint density at radius 1 is 0.880 bits per heavy atom. The van der Waals surface area contributed by atoms with Crippen LogP contribution in [0.15, 0.2) is 84.9 Å². The van der Waals surface area contributed by atoms with Crippen molar-refractivity contribution in [2.45, 2.75) is 19.6 Å². The van der Waals surface area contributed by atoms with E-state index in [9.17, 15) is 4.79 Å². The molecule has 0 aliphatic heterocycles. The van der Waals surface area contributed by atoms with Crippen LogP contribution in [0.2, 0.25) is 0 Å². The first-order valence-electron chi connectivity index (χ1n) is 8.35. The summed E-state index contributed by atoms with van der Waals surface area (Å²) in [6, 6.07) is 27.1. The highest BCUT2D eigenvalue weighted by Gasteiger charge is 2.11. The van der Waals surface area contributed by atoms with E-state index in [4.69, 9.17) is 4.74 Å². The van der Waals surface area contributed by atoms with Gasteiger partial charge in [0.05, 0.1) is 6.04 Å². The highest BCUT2D eigenvalue weighted by molar-refractivity contribution is 5.94. The van der Waals surface area contributed by atoms with Gasteiger partial charge in [-0.05, 0) is 42.3 Å². The standard InChI is InChI=1S/C22H21NO2/c1-17(19-10-6-3-7-11-19)23-22(24)20-12-14-21(15-13-20)25-16-18-8-4-2-5-9-18/h2-15,17H,16H2,1H3,(H,23,24)/t17-/m1/s1. The number of amides is 1. The largest absolute Gasteiger partial charge is 0.489 e. The molecule has 3 nitrogen and oxygen atoms in total. The molecule has 1 atom stereocenters. The molecule has 0 unspecified atom stereocenters. The lowest BCUT2D eigenvalue weighted by Crippen LogP contribution is -2.26. The number of hydrogen-bond acceptors (Lipinski definition) is 2. The highest BCUT2D eigenvalue weighted by Crippen LogP contribution is 2.16. The Hall–Kier alpha value is -3.07. The van der Waals surface area contributed by atoms with Gasteiger partial charge in [-0.15, -0.1) is 0 Å². The summed E-state index contributed by atoms with van der Waals surface area (Å²) < 4.78 is 5.75. The Kier molecular flexibility index (Phi) is 5.47. The van der Waals surface area contributed by atoms with Crippen LogP contribution in [0.3, 0.4) is 0 Å². The molecule has 0 radical (unpaired) electrons. The quantitative estimate of drug-likeness (QED) is 0.707. The van der Waals surface area contributed by atoms with E-state index in [-0.39, 0.29) is 11.9 Å². The van der Waals surface area contributed by atoms with Crippen LogP contribution >= 0.6 is 0 Å². The third-order valence-electron chi connectivity index (χ3n) is 4.01. The van der Waals surface area contributed by atoms with E-state index in [0.717, 1.165) is 16.9 Å². The average molecular weight is 331 g/mol. The number of carbonyl (C=O) groups excluding carboxylic acids is 1. The lowest BCUT2D eigenvalue weighted by molar-refractivity contribution is 0.0940. The van der Waals surface area contributed by atoms with Gasteiger partial charge in [-0.2, -0.15) is 0 Å². The summed E-state index contributed by atoms with van der Waals surface area (Å²) in [6.07, 6.45) is 0. The monoisotopic (exact) mass is 331 g/mol. The van der Waals surface area contributed by atoms with E-state index in [2.05, 4.69) is 5.32 Å². The van der Waals surface area contributed by atoms with Crippen LogP contribution in [0.25, 0.3) is 0 Å². The van der Waals surface area contributed by atoms with Crippen LogP contribution in [0, 0.1) is 0 Å². The van der Waals surface area contributed by atoms with Crippen LogP contribution in [-0.2, 0) is 6.61 Å². The predicted molar refractivity (Wildman–Crippen MR) is 99.5 cm³/mol. The maximum atomic E-state index is 12.4. The summed E-state index contributed by atoms with van der Waals surface area (Å²) in [5.41, 5.74) is 2.81. The fourth-order valence-electron chi connectivity index (χ4n) is 2.55. The number of rotatable bonds is 6. The smallest absolute Gasteiger partial charge is 0.251 e. The van der Waals surface area contributed by atoms with Gasteiger partial charge < -0.3 is 10.1 Å². The van der Waals surface area contributed by atoms with Crippen LogP contribution in [0.5, 0.6) is 5.75 Å². The lowest BCUT2D eigenvalue weighted by Gasteiger charge is -2.14. The second-order valence-electron chi connectivity index (χ2n) is 5.90. The van der Waals surface area contributed by atoms with E-state index < -0.39 is 0 Å². The molecular formula is C22H21NO2. The topological polar surface area (TPSA) is 38.3 Å². The molecule has 3 rings (SSSR count). The molecule has 25 heavy (non-hydrogen) atoms. The Balaban J connectivity index is 1.57. The molecule has 3 aromatic carbocycles. The molecule has 0 saturated carbocycles. The van der Waals surface area contributed by atoms with Gasteiger partial charge in [0.15, 0.2) is 0 Å². The third kappa shape index (κ3) is 4.70. The minimum Gasteiger partial charge on any atom is -0.489 e. The molecule has 0 aliphatic carbocycles. The van der Waals surface area contributed by atoms with Gasteiger partial charge >= 0.3 is 0 Å². The third-order valence-corrected chi connectivity index (χ3v) is 4.01. The van der Waals surface area contributed by atoms with Gasteiger partial charge in [-0.1, -0.05) is 60.7 Å². The summed E-state index contributed by atoms with van der Waals surface area (Å²) in [4.78, 5) is 12.4. The number of hydrogen-bond donors (Lipinski definition) is 1. The summed E-state index contributed by atoms with van der Waals surface area (Å²) >= 11 is 0. The van der Waals surface area contributed by atoms with Crippen molar-refractivity contribution >= 4 is 5.91 Å². The molecular weight excluding hydrogens is 310 g/mol. The molecule has 0 heterocycles. The van der Waals surface area contributed by atoms with E-state index >= 15 is 0 Å². The lowest BCUT2D eigenvalue weighted by atomic mass is 10.1. The molecule has 0 aromatic heterocycles. The SMILES string of the molecule is C[C@@H](NC(=O)c1ccc(OCc2ccccc2)cc1)c1ccccc1. The Labute approximate surface area is 148 Å². The minimum absolute atomic E-state index is 0.0392. The summed E-state index contributed by atoms with van der Waals surface area (Å²) in [7, 11) is 0. The molecule has 3 aromatic rings. The molecule has 1 amide bonds. The number of carbonyl (C=O) groups is 1. The minimum atomic E-state index is -0.0917. The highest BCUT2D eigenvalue weighted by atomic mass is 16.5. The normalized spacial score (nSPS) is 11.6. The Morgan fingerprint density at radius 3 is 2.12 bits per heavy atom. The molecule has 1 N–H and O–H groups in total. The van der Waals surface area contributed by atoms with E-state index in [1.165, 1.54) is 0 Å². The molecule has 0 aliphatic rings. The Morgan fingerprint density at radius 2 is 1.48 bits per heavy atom. The predicted octanol–water partition coefficient (Wildman–Crippen LogP) is 4.76. The van der Waals surface area contributed by atoms with E-state index in [1.54, 1.807) is 12.1 Å². The number of benzene rings is 3. The summed E-state index contributed by atoms with van der Waals surface area (Å²) in [6.45, 7) is 2.49. The van der Waals surface area contributed by atoms with Crippen molar-refractivity contribution < 1.29 is 9.53 Å². The number of ether oxygens (including phenoxy) is 1. The van der Waals surface area contributed by atoms with Crippen molar-refractivity contribution in [2.75, 3.05) is 0 Å². The molecule has 0 fully saturated rings. The van der Waals surface area contributed by atoms with Crippen LogP contribution < -0.4 is 10.1 Å². The van der Waals surface area contributed by atoms with Gasteiger partial charge in [-0.3, -0.25) is 4.79 Å². The van der Waals surface area contributed by atoms with Crippen LogP contribution in [0.4, 0.5) is 0 Å². The number of nitrogens with one attached hydrogen (secondary N) is 1. The van der Waals surface area contributed by atoms with Gasteiger partial charge in [0.25, 0.3) is 5.91 Å². The Bertz CT molecular complexity index is 798. The van der Waals surface area contributed by atoms with Crippen molar-refractivity contribution in [2.24, 2.45) is 0 Å². The van der Waals surface area contributed by atoms with Crippen molar-refractivity contribution in [1.29, 1.82) is 0 Å². The second kappa shape index (κ2) is 8.15. The first-order chi connectivity index (χ1) is 12.2. The zero-order valence-electron chi connectivity index (χ0n) is 14.2. The summed E-state index contributed by atoms with van der Waals surface area (Å²) in [5.74, 6) is 0.655. The first kappa shape index (κ1) is 16.8.